The van der Waals surface area contributed by atoms with Crippen LogP contribution in [0.3, 0.4) is 0 Å². The molecule has 5 aromatic heterocycles. The molecule has 0 saturated carbocycles. The number of rotatable bonds is 3. The molecule has 1 fully saturated rings. The quantitative estimate of drug-likeness (QED) is 0.472. The Kier molecular flexibility index (Phi) is 4.03. The molecule has 31 heavy (non-hydrogen) atoms. The van der Waals surface area contributed by atoms with Crippen molar-refractivity contribution in [2.24, 2.45) is 7.05 Å². The summed E-state index contributed by atoms with van der Waals surface area (Å²) >= 11 is 0. The van der Waals surface area contributed by atoms with Crippen LogP contribution in [0.1, 0.15) is 0 Å². The number of pyridine rings is 2. The average Bonchev–Trinajstić information content (AvgIpc) is 3.51. The summed E-state index contributed by atoms with van der Waals surface area (Å²) in [6.07, 6.45) is 7.49. The number of nitrogens with zero attached hydrogens (tertiary/aromatic N) is 7. The highest BCUT2D eigenvalue weighted by atomic mass is 15.3. The van der Waals surface area contributed by atoms with Gasteiger partial charge in [0.05, 0.1) is 34.8 Å². The highest BCUT2D eigenvalue weighted by Crippen LogP contribution is 2.33. The Hall–Kier alpha value is -3.72. The van der Waals surface area contributed by atoms with Gasteiger partial charge in [0.25, 0.3) is 0 Å². The van der Waals surface area contributed by atoms with Crippen LogP contribution in [0, 0.1) is 0 Å². The number of aromatic nitrogens is 7. The third-order valence-electron chi connectivity index (χ3n) is 6.03. The standard InChI is InChI=1S/C22H23N9/c1-29-5-7-31(8-6-29)22-16-10-19(26-17(16)3-4-23-22)21-15-9-18(14-11-25-30(2)13-14)24-12-20(15)27-28-21/h3-4,9-13,26H,5-8H2,1-2H3,(H,27,28). The van der Waals surface area contributed by atoms with Crippen molar-refractivity contribution in [3.05, 3.63) is 43.0 Å². The summed E-state index contributed by atoms with van der Waals surface area (Å²) in [6.45, 7) is 4.05. The molecule has 0 radical (unpaired) electrons. The summed E-state index contributed by atoms with van der Waals surface area (Å²) in [5, 5.41) is 14.1. The van der Waals surface area contributed by atoms with Crippen molar-refractivity contribution in [1.82, 2.24) is 39.8 Å². The molecule has 9 heteroatoms. The first-order valence-electron chi connectivity index (χ1n) is 10.4. The molecule has 9 nitrogen and oxygen atoms in total. The second-order valence-corrected chi connectivity index (χ2v) is 8.16. The van der Waals surface area contributed by atoms with E-state index in [1.807, 2.05) is 37.9 Å². The summed E-state index contributed by atoms with van der Waals surface area (Å²) in [4.78, 5) is 17.5. The molecule has 0 spiro atoms. The van der Waals surface area contributed by atoms with Gasteiger partial charge in [-0.25, -0.2) is 4.98 Å². The number of anilines is 1. The Labute approximate surface area is 178 Å². The predicted octanol–water partition coefficient (Wildman–Crippen LogP) is 2.65. The van der Waals surface area contributed by atoms with Gasteiger partial charge in [-0.3, -0.25) is 14.8 Å². The fraction of sp³-hybridized carbons (Fsp3) is 0.273. The summed E-state index contributed by atoms with van der Waals surface area (Å²) in [5.74, 6) is 1.03. The zero-order chi connectivity index (χ0) is 20.9. The van der Waals surface area contributed by atoms with Crippen molar-refractivity contribution in [3.63, 3.8) is 0 Å². The molecule has 0 aliphatic carbocycles. The molecule has 6 rings (SSSR count). The fourth-order valence-corrected chi connectivity index (χ4v) is 4.27. The van der Waals surface area contributed by atoms with Gasteiger partial charge in [-0.2, -0.15) is 10.2 Å². The van der Waals surface area contributed by atoms with Crippen molar-refractivity contribution in [2.75, 3.05) is 38.1 Å². The van der Waals surface area contributed by atoms with Crippen molar-refractivity contribution < 1.29 is 0 Å². The lowest BCUT2D eigenvalue weighted by Crippen LogP contribution is -2.44. The van der Waals surface area contributed by atoms with Gasteiger partial charge in [-0.05, 0) is 25.2 Å². The zero-order valence-corrected chi connectivity index (χ0v) is 17.5. The molecule has 1 saturated heterocycles. The Bertz CT molecular complexity index is 1380. The fourth-order valence-electron chi connectivity index (χ4n) is 4.27. The predicted molar refractivity (Wildman–Crippen MR) is 121 cm³/mol. The van der Waals surface area contributed by atoms with E-state index in [0.717, 1.165) is 76.4 Å². The Morgan fingerprint density at radius 1 is 0.935 bits per heavy atom. The number of H-pyrrole nitrogens is 2. The molecule has 156 valence electrons. The van der Waals surface area contributed by atoms with Crippen molar-refractivity contribution in [1.29, 1.82) is 0 Å². The molecule has 5 aromatic rings. The van der Waals surface area contributed by atoms with E-state index in [9.17, 15) is 0 Å². The molecule has 0 unspecified atom stereocenters. The summed E-state index contributed by atoms with van der Waals surface area (Å²) in [7, 11) is 4.07. The van der Waals surface area contributed by atoms with Crippen LogP contribution in [-0.4, -0.2) is 73.1 Å². The maximum Gasteiger partial charge on any atom is 0.138 e. The van der Waals surface area contributed by atoms with Crippen LogP contribution < -0.4 is 4.90 Å². The van der Waals surface area contributed by atoms with Gasteiger partial charge in [0.2, 0.25) is 0 Å². The van der Waals surface area contributed by atoms with Crippen LogP contribution in [0.2, 0.25) is 0 Å². The zero-order valence-electron chi connectivity index (χ0n) is 17.5. The highest BCUT2D eigenvalue weighted by molar-refractivity contribution is 5.99. The number of hydrogen-bond donors (Lipinski definition) is 2. The number of piperazine rings is 1. The van der Waals surface area contributed by atoms with E-state index >= 15 is 0 Å². The third-order valence-corrected chi connectivity index (χ3v) is 6.03. The van der Waals surface area contributed by atoms with Crippen LogP contribution in [0.25, 0.3) is 44.5 Å². The minimum atomic E-state index is 0.874. The second kappa shape index (κ2) is 6.92. The molecular formula is C22H23N9. The van der Waals surface area contributed by atoms with Crippen LogP contribution >= 0.6 is 0 Å². The van der Waals surface area contributed by atoms with E-state index in [1.54, 1.807) is 4.68 Å². The molecule has 6 heterocycles. The average molecular weight is 413 g/mol. The van der Waals surface area contributed by atoms with Crippen LogP contribution in [-0.2, 0) is 7.05 Å². The molecule has 0 amide bonds. The van der Waals surface area contributed by atoms with E-state index in [0.29, 0.717) is 0 Å². The van der Waals surface area contributed by atoms with E-state index in [4.69, 9.17) is 4.98 Å². The van der Waals surface area contributed by atoms with Crippen LogP contribution in [0.5, 0.6) is 0 Å². The Balaban J connectivity index is 1.44. The SMILES string of the molecule is CN1CCN(c2nccc3[nH]c(-c4n[nH]c5cnc(-c6cnn(C)c6)cc45)cc23)CC1. The van der Waals surface area contributed by atoms with Crippen molar-refractivity contribution in [3.8, 4) is 22.6 Å². The van der Waals surface area contributed by atoms with E-state index in [1.165, 1.54) is 0 Å². The van der Waals surface area contributed by atoms with Gasteiger partial charge in [-0.1, -0.05) is 0 Å². The smallest absolute Gasteiger partial charge is 0.138 e. The summed E-state index contributed by atoms with van der Waals surface area (Å²) < 4.78 is 1.78. The van der Waals surface area contributed by atoms with Crippen LogP contribution in [0.15, 0.2) is 43.0 Å². The molecule has 2 N–H and O–H groups in total. The maximum absolute atomic E-state index is 4.71. The van der Waals surface area contributed by atoms with Gasteiger partial charge < -0.3 is 14.8 Å². The first-order valence-corrected chi connectivity index (χ1v) is 10.4. The van der Waals surface area contributed by atoms with Crippen molar-refractivity contribution >= 4 is 27.6 Å². The number of aromatic amines is 2. The van der Waals surface area contributed by atoms with E-state index in [2.05, 4.69) is 54.2 Å². The second-order valence-electron chi connectivity index (χ2n) is 8.16. The maximum atomic E-state index is 4.71. The van der Waals surface area contributed by atoms with Gasteiger partial charge in [0, 0.05) is 62.0 Å². The Morgan fingerprint density at radius 3 is 2.61 bits per heavy atom. The number of hydrogen-bond acceptors (Lipinski definition) is 6. The van der Waals surface area contributed by atoms with Gasteiger partial charge in [-0.15, -0.1) is 0 Å². The topological polar surface area (TPSA) is 94.5 Å². The number of aryl methyl sites for hydroxylation is 1. The number of nitrogens with one attached hydrogen (secondary N) is 2. The molecule has 1 aliphatic heterocycles. The van der Waals surface area contributed by atoms with Crippen molar-refractivity contribution in [2.45, 2.75) is 0 Å². The molecule has 0 aromatic carbocycles. The molecule has 0 atom stereocenters. The van der Waals surface area contributed by atoms with E-state index < -0.39 is 0 Å². The van der Waals surface area contributed by atoms with Gasteiger partial charge in [0.1, 0.15) is 11.5 Å². The first-order chi connectivity index (χ1) is 15.2. The normalized spacial score (nSPS) is 15.4. The minimum Gasteiger partial charge on any atom is -0.353 e. The first kappa shape index (κ1) is 18.1. The van der Waals surface area contributed by atoms with Gasteiger partial charge >= 0.3 is 0 Å². The third kappa shape index (κ3) is 3.05. The lowest BCUT2D eigenvalue weighted by molar-refractivity contribution is 0.312. The minimum absolute atomic E-state index is 0.874. The highest BCUT2D eigenvalue weighted by Gasteiger charge is 2.20. The lowest BCUT2D eigenvalue weighted by atomic mass is 10.1. The van der Waals surface area contributed by atoms with E-state index in [-0.39, 0.29) is 0 Å². The number of fused-ring (bicyclic) bond motifs is 2. The summed E-state index contributed by atoms with van der Waals surface area (Å²) in [5.41, 5.74) is 5.67. The summed E-state index contributed by atoms with van der Waals surface area (Å²) in [6, 6.07) is 6.25. The van der Waals surface area contributed by atoms with Gasteiger partial charge in [0.15, 0.2) is 0 Å². The number of likely N-dealkylation sites (N-methyl/N-ethyl adjacent to an activating group) is 1. The monoisotopic (exact) mass is 413 g/mol. The molecule has 1 aliphatic rings. The largest absolute Gasteiger partial charge is 0.353 e. The molecule has 0 bridgehead atoms. The Morgan fingerprint density at radius 2 is 1.81 bits per heavy atom. The van der Waals surface area contributed by atoms with Crippen LogP contribution in [0.4, 0.5) is 5.82 Å². The lowest BCUT2D eigenvalue weighted by Gasteiger charge is -2.33. The molecular weight excluding hydrogens is 390 g/mol.